The van der Waals surface area contributed by atoms with Gasteiger partial charge in [-0.1, -0.05) is 33.1 Å². The molecular weight excluding hydrogens is 380 g/mol. The Morgan fingerprint density at radius 2 is 1.60 bits per heavy atom. The molecule has 2 saturated heterocycles. The number of hydrogen-bond acceptors (Lipinski definition) is 4. The molecule has 0 aromatic heterocycles. The molecule has 3 aliphatic rings. The van der Waals surface area contributed by atoms with Crippen molar-refractivity contribution in [2.75, 3.05) is 6.54 Å². The number of nitrogens with one attached hydrogen (secondary N) is 3. The molecule has 0 unspecified atom stereocenters. The van der Waals surface area contributed by atoms with Crippen molar-refractivity contribution in [1.82, 2.24) is 16.0 Å². The zero-order valence-electron chi connectivity index (χ0n) is 18.3. The van der Waals surface area contributed by atoms with Gasteiger partial charge in [-0.25, -0.2) is 0 Å². The number of amides is 3. The van der Waals surface area contributed by atoms with E-state index in [0.717, 1.165) is 44.9 Å². The lowest BCUT2D eigenvalue weighted by Gasteiger charge is -2.27. The third-order valence-electron chi connectivity index (χ3n) is 7.14. The van der Waals surface area contributed by atoms with Gasteiger partial charge in [0.2, 0.25) is 17.7 Å². The van der Waals surface area contributed by atoms with Gasteiger partial charge in [0, 0.05) is 18.4 Å². The van der Waals surface area contributed by atoms with Gasteiger partial charge in [0.1, 0.15) is 12.1 Å². The topological polar surface area (TPSA) is 111 Å². The summed E-state index contributed by atoms with van der Waals surface area (Å²) in [5, 5.41) is 18.4. The summed E-state index contributed by atoms with van der Waals surface area (Å²) in [6, 6.07) is 0.772. The molecule has 2 aliphatic heterocycles. The minimum atomic E-state index is -0.730. The molecule has 3 fully saturated rings. The molecule has 5 atom stereocenters. The van der Waals surface area contributed by atoms with Crippen LogP contribution in [-0.4, -0.2) is 36.3 Å². The summed E-state index contributed by atoms with van der Waals surface area (Å²) in [6.07, 6.45) is 7.87. The van der Waals surface area contributed by atoms with E-state index in [0.29, 0.717) is 25.3 Å². The quantitative estimate of drug-likeness (QED) is 0.655. The zero-order chi connectivity index (χ0) is 21.7. The van der Waals surface area contributed by atoms with Crippen LogP contribution >= 0.6 is 0 Å². The number of nitriles is 1. The third kappa shape index (κ3) is 5.53. The molecule has 0 spiro atoms. The summed E-state index contributed by atoms with van der Waals surface area (Å²) in [4.78, 5) is 38.6. The van der Waals surface area contributed by atoms with Gasteiger partial charge in [0.05, 0.1) is 6.07 Å². The highest BCUT2D eigenvalue weighted by Gasteiger charge is 2.39. The maximum Gasteiger partial charge on any atom is 0.243 e. The number of carbonyl (C=O) groups excluding carboxylic acids is 3. The number of nitrogens with zero attached hydrogens (tertiary/aromatic N) is 1. The second-order valence-corrected chi connectivity index (χ2v) is 9.81. The van der Waals surface area contributed by atoms with Gasteiger partial charge in [-0.3, -0.25) is 14.4 Å². The molecule has 0 aromatic carbocycles. The molecule has 2 heterocycles. The van der Waals surface area contributed by atoms with Crippen LogP contribution in [0.3, 0.4) is 0 Å². The average Bonchev–Trinajstić information content (AvgIpc) is 3.34. The lowest BCUT2D eigenvalue weighted by molar-refractivity contribution is -0.133. The number of rotatable bonds is 3. The van der Waals surface area contributed by atoms with Gasteiger partial charge in [0.15, 0.2) is 0 Å². The maximum atomic E-state index is 13.2. The summed E-state index contributed by atoms with van der Waals surface area (Å²) in [7, 11) is 0. The first-order chi connectivity index (χ1) is 14.4. The molecule has 1 aliphatic carbocycles. The Morgan fingerprint density at radius 1 is 0.900 bits per heavy atom. The van der Waals surface area contributed by atoms with Crippen molar-refractivity contribution in [2.45, 2.75) is 83.7 Å². The first-order valence-electron chi connectivity index (χ1n) is 11.7. The summed E-state index contributed by atoms with van der Waals surface area (Å²) in [5.74, 6) is 0.0694. The smallest absolute Gasteiger partial charge is 0.243 e. The van der Waals surface area contributed by atoms with Crippen LogP contribution in [0.5, 0.6) is 0 Å². The van der Waals surface area contributed by atoms with E-state index in [1.165, 1.54) is 0 Å². The summed E-state index contributed by atoms with van der Waals surface area (Å²) < 4.78 is 0. The van der Waals surface area contributed by atoms with Crippen LogP contribution in [0.4, 0.5) is 0 Å². The first-order valence-corrected chi connectivity index (χ1v) is 11.7. The molecule has 3 N–H and O–H groups in total. The fourth-order valence-electron chi connectivity index (χ4n) is 5.51. The monoisotopic (exact) mass is 416 g/mol. The molecule has 30 heavy (non-hydrogen) atoms. The highest BCUT2D eigenvalue weighted by atomic mass is 16.2. The van der Waals surface area contributed by atoms with Gasteiger partial charge in [-0.05, 0) is 56.3 Å². The average molecular weight is 417 g/mol. The number of carbonyl (C=O) groups is 3. The van der Waals surface area contributed by atoms with Crippen molar-refractivity contribution < 1.29 is 14.4 Å². The summed E-state index contributed by atoms with van der Waals surface area (Å²) in [6.45, 7) is 4.65. The van der Waals surface area contributed by atoms with E-state index in [-0.39, 0.29) is 41.4 Å². The normalized spacial score (nSPS) is 34.1. The van der Waals surface area contributed by atoms with E-state index in [9.17, 15) is 19.6 Å². The van der Waals surface area contributed by atoms with E-state index < -0.39 is 12.1 Å². The summed E-state index contributed by atoms with van der Waals surface area (Å²) >= 11 is 0. The fourth-order valence-corrected chi connectivity index (χ4v) is 5.51. The van der Waals surface area contributed by atoms with Crippen LogP contribution in [0.1, 0.15) is 71.6 Å². The Hall–Kier alpha value is -2.10. The van der Waals surface area contributed by atoms with Crippen LogP contribution in [0.25, 0.3) is 0 Å². The predicted octanol–water partition coefficient (Wildman–Crippen LogP) is 2.27. The Labute approximate surface area is 179 Å². The van der Waals surface area contributed by atoms with Gasteiger partial charge in [-0.2, -0.15) is 5.26 Å². The first kappa shape index (κ1) is 22.6. The lowest BCUT2D eigenvalue weighted by atomic mass is 9.82. The predicted molar refractivity (Wildman–Crippen MR) is 113 cm³/mol. The van der Waals surface area contributed by atoms with Gasteiger partial charge < -0.3 is 16.0 Å². The van der Waals surface area contributed by atoms with Crippen LogP contribution < -0.4 is 16.0 Å². The van der Waals surface area contributed by atoms with Crippen LogP contribution in [0, 0.1) is 40.9 Å². The molecule has 0 aromatic rings. The van der Waals surface area contributed by atoms with E-state index in [2.05, 4.69) is 22.0 Å². The zero-order valence-corrected chi connectivity index (χ0v) is 18.3. The molecule has 3 rings (SSSR count). The number of fused-ring (bicyclic) bond motifs is 1. The lowest BCUT2D eigenvalue weighted by Crippen LogP contribution is -2.52. The van der Waals surface area contributed by atoms with Crippen molar-refractivity contribution in [2.24, 2.45) is 29.6 Å². The Kier molecular flexibility index (Phi) is 7.74. The van der Waals surface area contributed by atoms with Gasteiger partial charge in [0.25, 0.3) is 0 Å². The minimum absolute atomic E-state index is 0.0207. The summed E-state index contributed by atoms with van der Waals surface area (Å²) in [5.41, 5.74) is 0. The Morgan fingerprint density at radius 3 is 2.27 bits per heavy atom. The van der Waals surface area contributed by atoms with Crippen molar-refractivity contribution in [3.05, 3.63) is 0 Å². The minimum Gasteiger partial charge on any atom is -0.356 e. The SMILES string of the molecule is CC(C)C[C@@H]1NC(=O)[C@@H](C2CCCC2)CCC[C@H]2CNC(=O)[C@@H]2C[C@@H](C#N)NC1=O. The third-order valence-corrected chi connectivity index (χ3v) is 7.14. The molecule has 0 radical (unpaired) electrons. The van der Waals surface area contributed by atoms with E-state index >= 15 is 0 Å². The molecule has 0 bridgehead atoms. The Bertz CT molecular complexity index is 680. The Balaban J connectivity index is 1.84. The fraction of sp³-hybridized carbons (Fsp3) is 0.826. The van der Waals surface area contributed by atoms with Gasteiger partial charge >= 0.3 is 0 Å². The molecule has 3 amide bonds. The standard InChI is InChI=1S/C23H36N4O3/c1-14(2)10-20-23(30)26-17(12-24)11-19-16(13-25-21(19)28)8-5-9-18(22(29)27-20)15-6-3-4-7-15/h14-20H,3-11,13H2,1-2H3,(H,25,28)(H,26,30)(H,27,29)/t16-,17-,18+,19+,20-/m0/s1. The highest BCUT2D eigenvalue weighted by molar-refractivity contribution is 5.89. The van der Waals surface area contributed by atoms with E-state index in [1.54, 1.807) is 0 Å². The molecule has 7 heteroatoms. The largest absolute Gasteiger partial charge is 0.356 e. The maximum absolute atomic E-state index is 13.2. The van der Waals surface area contributed by atoms with E-state index in [1.807, 2.05) is 13.8 Å². The second kappa shape index (κ2) is 10.3. The molecule has 166 valence electrons. The van der Waals surface area contributed by atoms with Crippen molar-refractivity contribution in [3.8, 4) is 6.07 Å². The van der Waals surface area contributed by atoms with Crippen molar-refractivity contribution >= 4 is 17.7 Å². The molecule has 7 nitrogen and oxygen atoms in total. The van der Waals surface area contributed by atoms with Gasteiger partial charge in [-0.15, -0.1) is 0 Å². The van der Waals surface area contributed by atoms with Crippen LogP contribution in [0.15, 0.2) is 0 Å². The van der Waals surface area contributed by atoms with E-state index in [4.69, 9.17) is 0 Å². The molecular formula is C23H36N4O3. The van der Waals surface area contributed by atoms with Crippen molar-refractivity contribution in [1.29, 1.82) is 5.26 Å². The highest BCUT2D eigenvalue weighted by Crippen LogP contribution is 2.36. The van der Waals surface area contributed by atoms with Crippen molar-refractivity contribution in [3.63, 3.8) is 0 Å². The number of hydrogen-bond donors (Lipinski definition) is 3. The van der Waals surface area contributed by atoms with Crippen LogP contribution in [0.2, 0.25) is 0 Å². The molecule has 1 saturated carbocycles. The second-order valence-electron chi connectivity index (χ2n) is 9.81. The van der Waals surface area contributed by atoms with Crippen LogP contribution in [-0.2, 0) is 14.4 Å².